The number of benzene rings is 2. The topological polar surface area (TPSA) is 9.23 Å². The number of ether oxygens (including phenoxy) is 1. The van der Waals surface area contributed by atoms with Crippen LogP contribution in [0.15, 0.2) is 59.1 Å². The highest BCUT2D eigenvalue weighted by Gasteiger charge is 2.10. The molecule has 3 heteroatoms. The van der Waals surface area contributed by atoms with E-state index >= 15 is 0 Å². The third kappa shape index (κ3) is 4.84. The van der Waals surface area contributed by atoms with E-state index < -0.39 is 0 Å². The van der Waals surface area contributed by atoms with Crippen LogP contribution in [0.1, 0.15) is 24.3 Å². The lowest BCUT2D eigenvalue weighted by Crippen LogP contribution is -2.04. The van der Waals surface area contributed by atoms with Gasteiger partial charge in [-0.15, -0.1) is 11.6 Å². The first kappa shape index (κ1) is 15.4. The van der Waals surface area contributed by atoms with Gasteiger partial charge in [-0.1, -0.05) is 46.3 Å². The number of halogens is 2. The first-order valence-corrected chi connectivity index (χ1v) is 8.11. The van der Waals surface area contributed by atoms with Gasteiger partial charge in [0.05, 0.1) is 6.61 Å². The Labute approximate surface area is 134 Å². The van der Waals surface area contributed by atoms with Crippen molar-refractivity contribution in [2.24, 2.45) is 0 Å². The van der Waals surface area contributed by atoms with Crippen molar-refractivity contribution in [1.82, 2.24) is 0 Å². The molecule has 0 fully saturated rings. The minimum Gasteiger partial charge on any atom is -0.494 e. The summed E-state index contributed by atoms with van der Waals surface area (Å²) in [4.78, 5) is 0. The second-order valence-corrected chi connectivity index (χ2v) is 5.93. The summed E-state index contributed by atoms with van der Waals surface area (Å²) in [7, 11) is 0. The largest absolute Gasteiger partial charge is 0.494 e. The number of hydrogen-bond acceptors (Lipinski definition) is 1. The van der Waals surface area contributed by atoms with Crippen molar-refractivity contribution in [3.63, 3.8) is 0 Å². The first-order valence-electron chi connectivity index (χ1n) is 6.79. The monoisotopic (exact) mass is 352 g/mol. The van der Waals surface area contributed by atoms with Gasteiger partial charge in [-0.05, 0) is 48.6 Å². The molecule has 0 aliphatic heterocycles. The molecule has 0 spiro atoms. The molecule has 0 amide bonds. The van der Waals surface area contributed by atoms with Crippen LogP contribution in [0.3, 0.4) is 0 Å². The predicted molar refractivity (Wildman–Crippen MR) is 88.8 cm³/mol. The molecule has 0 aromatic heterocycles. The first-order chi connectivity index (χ1) is 9.79. The fourth-order valence-electron chi connectivity index (χ4n) is 2.10. The Hall–Kier alpha value is -0.990. The maximum Gasteiger partial charge on any atom is 0.119 e. The third-order valence-corrected chi connectivity index (χ3v) is 4.14. The average Bonchev–Trinajstić information content (AvgIpc) is 2.50. The lowest BCUT2D eigenvalue weighted by atomic mass is 9.96. The molecule has 0 radical (unpaired) electrons. The average molecular weight is 354 g/mol. The second kappa shape index (κ2) is 8.33. The molecule has 0 aliphatic rings. The maximum absolute atomic E-state index is 6.09. The van der Waals surface area contributed by atoms with Crippen LogP contribution in [0.25, 0.3) is 0 Å². The van der Waals surface area contributed by atoms with Crippen molar-refractivity contribution >= 4 is 27.5 Å². The summed E-state index contributed by atoms with van der Waals surface area (Å²) in [6, 6.07) is 18.3. The Morgan fingerprint density at radius 2 is 1.70 bits per heavy atom. The van der Waals surface area contributed by atoms with E-state index in [2.05, 4.69) is 40.2 Å². The normalized spacial score (nSPS) is 12.1. The van der Waals surface area contributed by atoms with Crippen molar-refractivity contribution in [2.75, 3.05) is 12.5 Å². The molecule has 2 aromatic rings. The molecule has 0 saturated carbocycles. The van der Waals surface area contributed by atoms with E-state index in [1.807, 2.05) is 30.3 Å². The Balaban J connectivity index is 1.78. The number of para-hydroxylation sites is 1. The van der Waals surface area contributed by atoms with Gasteiger partial charge in [-0.2, -0.15) is 0 Å². The van der Waals surface area contributed by atoms with Crippen molar-refractivity contribution in [3.8, 4) is 5.75 Å². The van der Waals surface area contributed by atoms with Crippen molar-refractivity contribution < 1.29 is 4.74 Å². The number of alkyl halides is 1. The molecule has 0 saturated heterocycles. The van der Waals surface area contributed by atoms with Gasteiger partial charge in [-0.25, -0.2) is 0 Å². The quantitative estimate of drug-likeness (QED) is 0.463. The molecule has 20 heavy (non-hydrogen) atoms. The predicted octanol–water partition coefficient (Wildman–Crippen LogP) is 5.63. The zero-order valence-electron chi connectivity index (χ0n) is 11.3. The van der Waals surface area contributed by atoms with E-state index in [-0.39, 0.29) is 0 Å². The molecule has 2 rings (SSSR count). The van der Waals surface area contributed by atoms with Crippen LogP contribution in [0, 0.1) is 0 Å². The van der Waals surface area contributed by atoms with Gasteiger partial charge in [-0.3, -0.25) is 0 Å². The van der Waals surface area contributed by atoms with Gasteiger partial charge in [0.15, 0.2) is 0 Å². The highest BCUT2D eigenvalue weighted by molar-refractivity contribution is 9.10. The van der Waals surface area contributed by atoms with E-state index in [1.165, 1.54) is 5.56 Å². The summed E-state index contributed by atoms with van der Waals surface area (Å²) in [5.74, 6) is 1.97. The SMILES string of the molecule is ClCC(CCCOc1ccccc1)c1ccc(Br)cc1. The lowest BCUT2D eigenvalue weighted by molar-refractivity contribution is 0.303. The molecular weight excluding hydrogens is 336 g/mol. The summed E-state index contributed by atoms with van der Waals surface area (Å²) in [6.45, 7) is 0.730. The lowest BCUT2D eigenvalue weighted by Gasteiger charge is -2.14. The highest BCUT2D eigenvalue weighted by atomic mass is 79.9. The van der Waals surface area contributed by atoms with Gasteiger partial charge in [0.25, 0.3) is 0 Å². The second-order valence-electron chi connectivity index (χ2n) is 4.71. The Bertz CT molecular complexity index is 498. The van der Waals surface area contributed by atoms with Crippen LogP contribution in [0.2, 0.25) is 0 Å². The molecule has 0 heterocycles. The molecule has 0 N–H and O–H groups in total. The van der Waals surface area contributed by atoms with Crippen molar-refractivity contribution in [1.29, 1.82) is 0 Å². The molecule has 106 valence electrons. The molecule has 1 atom stereocenters. The summed E-state index contributed by atoms with van der Waals surface area (Å²) in [5.41, 5.74) is 1.29. The molecule has 1 unspecified atom stereocenters. The maximum atomic E-state index is 6.09. The van der Waals surface area contributed by atoms with Crippen LogP contribution in [0.5, 0.6) is 5.75 Å². The highest BCUT2D eigenvalue weighted by Crippen LogP contribution is 2.24. The third-order valence-electron chi connectivity index (χ3n) is 3.24. The van der Waals surface area contributed by atoms with Gasteiger partial charge in [0.1, 0.15) is 5.75 Å². The summed E-state index contributed by atoms with van der Waals surface area (Å²) in [6.07, 6.45) is 2.04. The molecule has 2 aromatic carbocycles. The van der Waals surface area contributed by atoms with Gasteiger partial charge in [0, 0.05) is 10.4 Å². The van der Waals surface area contributed by atoms with E-state index in [4.69, 9.17) is 16.3 Å². The van der Waals surface area contributed by atoms with Crippen molar-refractivity contribution in [3.05, 3.63) is 64.6 Å². The minimum atomic E-state index is 0.393. The minimum absolute atomic E-state index is 0.393. The molecular formula is C17H18BrClO. The van der Waals surface area contributed by atoms with Gasteiger partial charge >= 0.3 is 0 Å². The number of hydrogen-bond donors (Lipinski definition) is 0. The fraction of sp³-hybridized carbons (Fsp3) is 0.294. The van der Waals surface area contributed by atoms with Crippen LogP contribution in [-0.4, -0.2) is 12.5 Å². The Morgan fingerprint density at radius 1 is 1.00 bits per heavy atom. The van der Waals surface area contributed by atoms with Gasteiger partial charge < -0.3 is 4.74 Å². The summed E-state index contributed by atoms with van der Waals surface area (Å²) >= 11 is 9.54. The zero-order chi connectivity index (χ0) is 14.2. The summed E-state index contributed by atoms with van der Waals surface area (Å²) < 4.78 is 6.80. The van der Waals surface area contributed by atoms with Gasteiger partial charge in [0.2, 0.25) is 0 Å². The molecule has 0 bridgehead atoms. The summed E-state index contributed by atoms with van der Waals surface area (Å²) in [5, 5.41) is 0. The van der Waals surface area contributed by atoms with E-state index in [0.29, 0.717) is 11.8 Å². The van der Waals surface area contributed by atoms with Crippen LogP contribution in [-0.2, 0) is 0 Å². The van der Waals surface area contributed by atoms with Crippen LogP contribution < -0.4 is 4.74 Å². The Kier molecular flexibility index (Phi) is 6.41. The molecule has 0 aliphatic carbocycles. The fourth-order valence-corrected chi connectivity index (χ4v) is 2.70. The Morgan fingerprint density at radius 3 is 2.35 bits per heavy atom. The standard InChI is InChI=1S/C17H18BrClO/c18-16-10-8-14(9-11-16)15(13-19)5-4-12-20-17-6-2-1-3-7-17/h1-3,6-11,15H,4-5,12-13H2. The number of rotatable bonds is 7. The molecule has 1 nitrogen and oxygen atoms in total. The van der Waals surface area contributed by atoms with E-state index in [9.17, 15) is 0 Å². The van der Waals surface area contributed by atoms with Crippen molar-refractivity contribution in [2.45, 2.75) is 18.8 Å². The zero-order valence-corrected chi connectivity index (χ0v) is 13.6. The van der Waals surface area contributed by atoms with Crippen LogP contribution in [0.4, 0.5) is 0 Å². The van der Waals surface area contributed by atoms with E-state index in [1.54, 1.807) is 0 Å². The van der Waals surface area contributed by atoms with Crippen LogP contribution >= 0.6 is 27.5 Å². The van der Waals surface area contributed by atoms with E-state index in [0.717, 1.165) is 29.7 Å². The smallest absolute Gasteiger partial charge is 0.119 e.